The molecule has 1 aromatic rings. The number of carboxylic acid groups (broad SMARTS) is 1. The van der Waals surface area contributed by atoms with Crippen LogP contribution in [0.1, 0.15) is 46.8 Å². The Kier molecular flexibility index (Phi) is 8.00. The topological polar surface area (TPSA) is 189 Å². The SMILES string of the molecule is COc1c(C)c2c(c(O)c1CC=C(C)CCC(=O)O[C@@H]1OC(C(=O)O)[C@@H](O)[C@H](O)C1O)C(=O)OC2. The highest BCUT2D eigenvalue weighted by atomic mass is 16.7. The van der Waals surface area contributed by atoms with Gasteiger partial charge in [-0.2, -0.15) is 0 Å². The monoisotopic (exact) mass is 496 g/mol. The molecule has 1 aromatic carbocycles. The van der Waals surface area contributed by atoms with Crippen molar-refractivity contribution >= 4 is 17.9 Å². The Bertz CT molecular complexity index is 1050. The molecule has 5 N–H and O–H groups in total. The van der Waals surface area contributed by atoms with Crippen LogP contribution in [0.15, 0.2) is 11.6 Å². The molecule has 35 heavy (non-hydrogen) atoms. The Hall–Kier alpha value is -3.19. The summed E-state index contributed by atoms with van der Waals surface area (Å²) in [5.41, 5.74) is 2.51. The number of benzene rings is 1. The highest BCUT2D eigenvalue weighted by Gasteiger charge is 2.48. The average Bonchev–Trinajstić information content (AvgIpc) is 3.21. The zero-order valence-corrected chi connectivity index (χ0v) is 19.4. The molecule has 1 fully saturated rings. The number of methoxy groups -OCH3 is 1. The van der Waals surface area contributed by atoms with Crippen molar-refractivity contribution in [2.24, 2.45) is 0 Å². The second-order valence-electron chi connectivity index (χ2n) is 8.39. The second kappa shape index (κ2) is 10.6. The third kappa shape index (κ3) is 5.25. The van der Waals surface area contributed by atoms with Crippen LogP contribution in [0.2, 0.25) is 0 Å². The van der Waals surface area contributed by atoms with Crippen LogP contribution in [-0.2, 0) is 36.8 Å². The highest BCUT2D eigenvalue weighted by molar-refractivity contribution is 5.98. The van der Waals surface area contributed by atoms with Crippen LogP contribution < -0.4 is 4.74 Å². The maximum Gasteiger partial charge on any atom is 0.342 e. The van der Waals surface area contributed by atoms with Crippen LogP contribution in [-0.4, -0.2) is 81.3 Å². The number of phenolic OH excluding ortho intramolecular Hbond substituents is 1. The van der Waals surface area contributed by atoms with E-state index in [4.69, 9.17) is 24.1 Å². The van der Waals surface area contributed by atoms with E-state index >= 15 is 0 Å². The third-order valence-corrected chi connectivity index (χ3v) is 6.09. The van der Waals surface area contributed by atoms with E-state index in [2.05, 4.69) is 0 Å². The molecular weight excluding hydrogens is 468 g/mol. The molecule has 0 aliphatic carbocycles. The molecule has 0 aromatic heterocycles. The summed E-state index contributed by atoms with van der Waals surface area (Å²) in [4.78, 5) is 35.4. The number of carbonyl (C=O) groups excluding carboxylic acids is 2. The summed E-state index contributed by atoms with van der Waals surface area (Å²) in [6.07, 6.45) is -7.23. The molecule has 2 heterocycles. The fourth-order valence-corrected chi connectivity index (χ4v) is 4.04. The first-order valence-electron chi connectivity index (χ1n) is 10.8. The lowest BCUT2D eigenvalue weighted by Gasteiger charge is -2.37. The van der Waals surface area contributed by atoms with Gasteiger partial charge < -0.3 is 44.5 Å². The van der Waals surface area contributed by atoms with Gasteiger partial charge in [-0.05, 0) is 32.3 Å². The van der Waals surface area contributed by atoms with Crippen molar-refractivity contribution in [1.82, 2.24) is 0 Å². The minimum atomic E-state index is -1.89. The maximum absolute atomic E-state index is 12.2. The van der Waals surface area contributed by atoms with E-state index < -0.39 is 48.6 Å². The minimum Gasteiger partial charge on any atom is -0.507 e. The van der Waals surface area contributed by atoms with E-state index in [1.807, 2.05) is 0 Å². The number of aliphatic carboxylic acids is 1. The molecule has 0 bridgehead atoms. The fraction of sp³-hybridized carbons (Fsp3) is 0.522. The van der Waals surface area contributed by atoms with Gasteiger partial charge in [0.1, 0.15) is 42.0 Å². The first-order chi connectivity index (χ1) is 16.5. The summed E-state index contributed by atoms with van der Waals surface area (Å²) in [6, 6.07) is 0. The number of fused-ring (bicyclic) bond motifs is 1. The lowest BCUT2D eigenvalue weighted by molar-refractivity contribution is -0.286. The van der Waals surface area contributed by atoms with Crippen molar-refractivity contribution < 1.29 is 58.9 Å². The van der Waals surface area contributed by atoms with Gasteiger partial charge in [-0.15, -0.1) is 0 Å². The number of carbonyl (C=O) groups is 3. The highest BCUT2D eigenvalue weighted by Crippen LogP contribution is 2.42. The standard InChI is InChI=1S/C23H28O12/c1-9(4-6-11-15(25)14-12(8-33-22(14)31)10(2)19(11)32-3)5-7-13(24)34-23-18(28)16(26)17(27)20(35-23)21(29)30/h4,16-18,20,23,25-28H,5-8H2,1-3H3,(H,29,30)/t16-,17-,18?,20?,23+/m0/s1. The maximum atomic E-state index is 12.2. The van der Waals surface area contributed by atoms with Gasteiger partial charge in [-0.25, -0.2) is 9.59 Å². The van der Waals surface area contributed by atoms with Gasteiger partial charge in [-0.3, -0.25) is 4.79 Å². The number of hydrogen-bond donors (Lipinski definition) is 5. The summed E-state index contributed by atoms with van der Waals surface area (Å²) >= 11 is 0. The second-order valence-corrected chi connectivity index (χ2v) is 8.39. The van der Waals surface area contributed by atoms with Gasteiger partial charge in [0.25, 0.3) is 0 Å². The number of esters is 2. The molecule has 1 saturated heterocycles. The first kappa shape index (κ1) is 26.4. The van der Waals surface area contributed by atoms with Gasteiger partial charge in [0.15, 0.2) is 6.10 Å². The molecule has 192 valence electrons. The van der Waals surface area contributed by atoms with Crippen molar-refractivity contribution in [2.75, 3.05) is 7.11 Å². The van der Waals surface area contributed by atoms with E-state index in [9.17, 15) is 34.8 Å². The minimum absolute atomic E-state index is 0.0593. The lowest BCUT2D eigenvalue weighted by Crippen LogP contribution is -2.60. The van der Waals surface area contributed by atoms with Gasteiger partial charge in [0.2, 0.25) is 6.29 Å². The van der Waals surface area contributed by atoms with Crippen LogP contribution in [0.5, 0.6) is 11.5 Å². The van der Waals surface area contributed by atoms with Crippen molar-refractivity contribution in [3.05, 3.63) is 33.9 Å². The molecule has 3 rings (SSSR count). The number of aliphatic hydroxyl groups excluding tert-OH is 3. The Labute approximate surface area is 200 Å². The van der Waals surface area contributed by atoms with E-state index in [1.165, 1.54) is 7.11 Å². The molecule has 5 atom stereocenters. The van der Waals surface area contributed by atoms with Crippen molar-refractivity contribution in [3.8, 4) is 11.5 Å². The van der Waals surface area contributed by atoms with Crippen LogP contribution in [0.3, 0.4) is 0 Å². The summed E-state index contributed by atoms with van der Waals surface area (Å²) in [5.74, 6) is -2.81. The van der Waals surface area contributed by atoms with E-state index in [0.717, 1.165) is 5.57 Å². The number of ether oxygens (including phenoxy) is 4. The normalized spacial score (nSPS) is 26.2. The number of aromatic hydroxyl groups is 1. The summed E-state index contributed by atoms with van der Waals surface area (Å²) in [5, 5.41) is 49.1. The number of rotatable bonds is 8. The van der Waals surface area contributed by atoms with Crippen LogP contribution in [0, 0.1) is 6.92 Å². The molecule has 0 saturated carbocycles. The van der Waals surface area contributed by atoms with Gasteiger partial charge in [0, 0.05) is 17.5 Å². The quantitative estimate of drug-likeness (QED) is 0.241. The number of cyclic esters (lactones) is 1. The molecule has 12 heteroatoms. The van der Waals surface area contributed by atoms with Gasteiger partial charge >= 0.3 is 17.9 Å². The zero-order valence-electron chi connectivity index (χ0n) is 19.4. The van der Waals surface area contributed by atoms with Crippen LogP contribution in [0.25, 0.3) is 0 Å². The molecule has 12 nitrogen and oxygen atoms in total. The number of allylic oxidation sites excluding steroid dienone is 2. The Morgan fingerprint density at radius 3 is 2.46 bits per heavy atom. The lowest BCUT2D eigenvalue weighted by atomic mass is 9.94. The molecule has 2 aliphatic heterocycles. The molecular formula is C23H28O12. The largest absolute Gasteiger partial charge is 0.507 e. The summed E-state index contributed by atoms with van der Waals surface area (Å²) < 4.78 is 20.3. The average molecular weight is 496 g/mol. The predicted molar refractivity (Wildman–Crippen MR) is 116 cm³/mol. The first-order valence-corrected chi connectivity index (χ1v) is 10.8. The molecule has 0 radical (unpaired) electrons. The van der Waals surface area contributed by atoms with Crippen molar-refractivity contribution in [2.45, 2.75) is 70.4 Å². The van der Waals surface area contributed by atoms with Gasteiger partial charge in [0.05, 0.1) is 7.11 Å². The molecule has 0 amide bonds. The fourth-order valence-electron chi connectivity index (χ4n) is 4.04. The Morgan fingerprint density at radius 2 is 1.83 bits per heavy atom. The predicted octanol–water partition coefficient (Wildman–Crippen LogP) is 0.0840. The van der Waals surface area contributed by atoms with Crippen LogP contribution in [0.4, 0.5) is 0 Å². The van der Waals surface area contributed by atoms with E-state index in [1.54, 1.807) is 19.9 Å². The summed E-state index contributed by atoms with van der Waals surface area (Å²) in [7, 11) is 1.45. The Balaban J connectivity index is 1.63. The van der Waals surface area contributed by atoms with Crippen LogP contribution >= 0.6 is 0 Å². The van der Waals surface area contributed by atoms with Crippen molar-refractivity contribution in [3.63, 3.8) is 0 Å². The van der Waals surface area contributed by atoms with E-state index in [-0.39, 0.29) is 37.2 Å². The number of carboxylic acids is 1. The Morgan fingerprint density at radius 1 is 1.14 bits per heavy atom. The van der Waals surface area contributed by atoms with Crippen molar-refractivity contribution in [1.29, 1.82) is 0 Å². The molecule has 2 unspecified atom stereocenters. The smallest absolute Gasteiger partial charge is 0.342 e. The molecule has 0 spiro atoms. The number of hydrogen-bond acceptors (Lipinski definition) is 11. The zero-order chi connectivity index (χ0) is 26.0. The third-order valence-electron chi connectivity index (χ3n) is 6.09. The van der Waals surface area contributed by atoms with E-state index in [0.29, 0.717) is 22.4 Å². The summed E-state index contributed by atoms with van der Waals surface area (Å²) in [6.45, 7) is 3.56. The number of phenols is 1. The number of aliphatic hydroxyl groups is 3. The molecule has 2 aliphatic rings. The van der Waals surface area contributed by atoms with Gasteiger partial charge in [-0.1, -0.05) is 11.6 Å².